The van der Waals surface area contributed by atoms with Crippen molar-refractivity contribution < 1.29 is 27.4 Å². The Labute approximate surface area is 161 Å². The Bertz CT molecular complexity index is 1080. The summed E-state index contributed by atoms with van der Waals surface area (Å²) in [6.45, 7) is 0.166. The summed E-state index contributed by atoms with van der Waals surface area (Å²) in [6.07, 6.45) is -3.46. The molecule has 152 valence electrons. The van der Waals surface area contributed by atoms with Crippen LogP contribution in [0.1, 0.15) is 10.4 Å². The molecule has 4 rings (SSSR count). The summed E-state index contributed by atoms with van der Waals surface area (Å²) >= 11 is 0. The van der Waals surface area contributed by atoms with Gasteiger partial charge in [-0.05, 0) is 0 Å². The number of alkyl halides is 3. The van der Waals surface area contributed by atoms with Crippen LogP contribution in [0.3, 0.4) is 0 Å². The molecular formula is C17H15F3N6O3. The van der Waals surface area contributed by atoms with Crippen molar-refractivity contribution >= 4 is 28.9 Å². The molecule has 0 saturated heterocycles. The molecule has 0 saturated carbocycles. The second kappa shape index (κ2) is 7.04. The Kier molecular flexibility index (Phi) is 4.53. The van der Waals surface area contributed by atoms with Gasteiger partial charge in [0.25, 0.3) is 5.91 Å². The van der Waals surface area contributed by atoms with E-state index < -0.39 is 18.0 Å². The van der Waals surface area contributed by atoms with E-state index in [1.807, 2.05) is 0 Å². The molecular weight excluding hydrogens is 393 g/mol. The van der Waals surface area contributed by atoms with Crippen molar-refractivity contribution in [3.8, 4) is 11.5 Å². The maximum absolute atomic E-state index is 12.7. The minimum absolute atomic E-state index is 0.0395. The smallest absolute Gasteiger partial charge is 0.492 e. The molecule has 0 atom stereocenters. The third-order valence-electron chi connectivity index (χ3n) is 4.01. The number of carbonyl (C=O) groups excluding carboxylic acids is 1. The van der Waals surface area contributed by atoms with E-state index in [2.05, 4.69) is 30.8 Å². The number of aromatic nitrogens is 3. The molecule has 3 heterocycles. The standard InChI is InChI=1S/C17H15F3N6O3/c1-21-14-7-13-24-9-4-10(6-11(5-9)29-17(18,19)20)28-3-2-22-16(27)12-8-23-26(14)15(12)25-13/h4-8,21H,2-3H2,1H3,(H,22,27)(H,24,25). The van der Waals surface area contributed by atoms with Crippen LogP contribution >= 0.6 is 0 Å². The highest BCUT2D eigenvalue weighted by molar-refractivity contribution is 6.00. The number of amides is 1. The molecule has 1 aliphatic heterocycles. The van der Waals surface area contributed by atoms with Gasteiger partial charge >= 0.3 is 6.36 Å². The number of halogens is 3. The number of benzene rings is 1. The highest BCUT2D eigenvalue weighted by Crippen LogP contribution is 2.32. The zero-order chi connectivity index (χ0) is 20.6. The van der Waals surface area contributed by atoms with Gasteiger partial charge in [0, 0.05) is 37.0 Å². The zero-order valence-electron chi connectivity index (χ0n) is 15.0. The number of fused-ring (bicyclic) bond motifs is 3. The average Bonchev–Trinajstić information content (AvgIpc) is 3.06. The summed E-state index contributed by atoms with van der Waals surface area (Å²) in [5, 5.41) is 12.7. The Morgan fingerprint density at radius 3 is 2.86 bits per heavy atom. The molecule has 3 aromatic rings. The number of anilines is 3. The fourth-order valence-electron chi connectivity index (χ4n) is 2.86. The van der Waals surface area contributed by atoms with Crippen LogP contribution < -0.4 is 25.4 Å². The molecule has 3 N–H and O–H groups in total. The number of hydrogen-bond acceptors (Lipinski definition) is 7. The predicted molar refractivity (Wildman–Crippen MR) is 96.8 cm³/mol. The zero-order valence-corrected chi connectivity index (χ0v) is 15.0. The number of hydrogen-bond donors (Lipinski definition) is 3. The Balaban J connectivity index is 1.82. The van der Waals surface area contributed by atoms with Crippen LogP contribution in [0.15, 0.2) is 30.5 Å². The van der Waals surface area contributed by atoms with Crippen LogP contribution in [0, 0.1) is 0 Å². The molecule has 29 heavy (non-hydrogen) atoms. The highest BCUT2D eigenvalue weighted by Gasteiger charge is 2.31. The first-order valence-corrected chi connectivity index (χ1v) is 8.48. The largest absolute Gasteiger partial charge is 0.573 e. The number of rotatable bonds is 2. The van der Waals surface area contributed by atoms with Gasteiger partial charge < -0.3 is 25.4 Å². The molecule has 0 fully saturated rings. The van der Waals surface area contributed by atoms with Crippen molar-refractivity contribution in [2.75, 3.05) is 30.8 Å². The van der Waals surface area contributed by atoms with Crippen molar-refractivity contribution in [1.82, 2.24) is 19.9 Å². The maximum Gasteiger partial charge on any atom is 0.573 e. The lowest BCUT2D eigenvalue weighted by Crippen LogP contribution is -2.28. The Morgan fingerprint density at radius 2 is 2.10 bits per heavy atom. The van der Waals surface area contributed by atoms with Crippen LogP contribution in [0.5, 0.6) is 11.5 Å². The first kappa shape index (κ1) is 18.7. The van der Waals surface area contributed by atoms with Gasteiger partial charge in [-0.2, -0.15) is 9.61 Å². The van der Waals surface area contributed by atoms with E-state index in [1.54, 1.807) is 13.1 Å². The predicted octanol–water partition coefficient (Wildman–Crippen LogP) is 2.54. The van der Waals surface area contributed by atoms with Gasteiger partial charge in [-0.3, -0.25) is 4.79 Å². The second-order valence-corrected chi connectivity index (χ2v) is 6.04. The van der Waals surface area contributed by atoms with Crippen molar-refractivity contribution in [3.63, 3.8) is 0 Å². The second-order valence-electron chi connectivity index (χ2n) is 6.04. The van der Waals surface area contributed by atoms with Crippen molar-refractivity contribution in [2.24, 2.45) is 0 Å². The number of nitrogens with zero attached hydrogens (tertiary/aromatic N) is 3. The van der Waals surface area contributed by atoms with Gasteiger partial charge in [0.05, 0.1) is 12.7 Å². The Morgan fingerprint density at radius 1 is 1.28 bits per heavy atom. The summed E-state index contributed by atoms with van der Waals surface area (Å²) in [7, 11) is 1.66. The van der Waals surface area contributed by atoms with Gasteiger partial charge in [0.15, 0.2) is 5.65 Å². The molecule has 1 amide bonds. The van der Waals surface area contributed by atoms with Crippen LogP contribution in [-0.4, -0.2) is 47.1 Å². The summed E-state index contributed by atoms with van der Waals surface area (Å²) < 4.78 is 48.9. The van der Waals surface area contributed by atoms with Gasteiger partial charge in [-0.1, -0.05) is 0 Å². The van der Waals surface area contributed by atoms with Crippen LogP contribution in [0.4, 0.5) is 30.5 Å². The van der Waals surface area contributed by atoms with Crippen molar-refractivity contribution in [1.29, 1.82) is 0 Å². The molecule has 0 unspecified atom stereocenters. The third kappa shape index (κ3) is 3.95. The highest BCUT2D eigenvalue weighted by atomic mass is 19.4. The van der Waals surface area contributed by atoms with E-state index in [0.29, 0.717) is 5.82 Å². The van der Waals surface area contributed by atoms with Gasteiger partial charge in [0.2, 0.25) is 0 Å². The first-order valence-electron chi connectivity index (χ1n) is 8.48. The van der Waals surface area contributed by atoms with E-state index in [4.69, 9.17) is 4.74 Å². The molecule has 0 spiro atoms. The number of carbonyl (C=O) groups is 1. The number of nitrogens with one attached hydrogen (secondary N) is 3. The molecule has 2 aromatic heterocycles. The van der Waals surface area contributed by atoms with Crippen LogP contribution in [-0.2, 0) is 0 Å². The fourth-order valence-corrected chi connectivity index (χ4v) is 2.86. The molecule has 9 nitrogen and oxygen atoms in total. The van der Waals surface area contributed by atoms with E-state index in [9.17, 15) is 18.0 Å². The van der Waals surface area contributed by atoms with Gasteiger partial charge in [0.1, 0.15) is 35.3 Å². The van der Waals surface area contributed by atoms with Gasteiger partial charge in [-0.25, -0.2) is 4.98 Å². The molecule has 1 aromatic carbocycles. The molecule has 1 aliphatic rings. The summed E-state index contributed by atoms with van der Waals surface area (Å²) in [6, 6.07) is 5.39. The number of ether oxygens (including phenoxy) is 2. The van der Waals surface area contributed by atoms with Crippen LogP contribution in [0.2, 0.25) is 0 Å². The molecule has 0 radical (unpaired) electrons. The molecule has 0 aliphatic carbocycles. The van der Waals surface area contributed by atoms with E-state index in [-0.39, 0.29) is 41.6 Å². The van der Waals surface area contributed by atoms with Gasteiger partial charge in [-0.15, -0.1) is 13.2 Å². The normalized spacial score (nSPS) is 14.1. The topological polar surface area (TPSA) is 102 Å². The van der Waals surface area contributed by atoms with Crippen molar-refractivity contribution in [3.05, 3.63) is 36.0 Å². The van der Waals surface area contributed by atoms with Crippen LogP contribution in [0.25, 0.3) is 5.65 Å². The SMILES string of the molecule is CNc1cc2nc3c(cnn13)C(=O)NCCOc1cc(cc(OC(F)(F)F)c1)N2. The fraction of sp³-hybridized carbons (Fsp3) is 0.235. The molecule has 4 bridgehead atoms. The summed E-state index contributed by atoms with van der Waals surface area (Å²) in [5.41, 5.74) is 0.789. The lowest BCUT2D eigenvalue weighted by molar-refractivity contribution is -0.274. The van der Waals surface area contributed by atoms with E-state index in [0.717, 1.165) is 6.07 Å². The third-order valence-corrected chi connectivity index (χ3v) is 4.01. The summed E-state index contributed by atoms with van der Waals surface area (Å²) in [4.78, 5) is 16.8. The lowest BCUT2D eigenvalue weighted by atomic mass is 10.2. The lowest BCUT2D eigenvalue weighted by Gasteiger charge is -2.14. The Hall–Kier alpha value is -3.70. The minimum Gasteiger partial charge on any atom is -0.492 e. The minimum atomic E-state index is -4.85. The van der Waals surface area contributed by atoms with E-state index >= 15 is 0 Å². The monoisotopic (exact) mass is 408 g/mol. The molecule has 12 heteroatoms. The maximum atomic E-state index is 12.7. The van der Waals surface area contributed by atoms with Crippen molar-refractivity contribution in [2.45, 2.75) is 6.36 Å². The summed E-state index contributed by atoms with van der Waals surface area (Å²) in [5.74, 6) is 0.0933. The quantitative estimate of drug-likeness (QED) is 0.599. The van der Waals surface area contributed by atoms with E-state index in [1.165, 1.54) is 22.8 Å². The first-order chi connectivity index (χ1) is 13.8. The average molecular weight is 408 g/mol.